The number of esters is 1. The van der Waals surface area contributed by atoms with E-state index in [1.54, 1.807) is 30.3 Å². The second kappa shape index (κ2) is 7.36. The molecule has 0 aliphatic carbocycles. The van der Waals surface area contributed by atoms with E-state index in [1.807, 2.05) is 6.92 Å². The summed E-state index contributed by atoms with van der Waals surface area (Å²) in [5.74, 6) is -1.29. The van der Waals surface area contributed by atoms with Gasteiger partial charge in [-0.15, -0.1) is 0 Å². The second-order valence-electron chi connectivity index (χ2n) is 5.18. The first-order valence-electron chi connectivity index (χ1n) is 7.20. The molecule has 1 N–H and O–H groups in total. The van der Waals surface area contributed by atoms with Crippen molar-refractivity contribution in [3.8, 4) is 0 Å². The van der Waals surface area contributed by atoms with Crippen molar-refractivity contribution >= 4 is 23.3 Å². The average Bonchev–Trinajstić information content (AvgIpc) is 2.55. The maximum absolute atomic E-state index is 12.1. The van der Waals surface area contributed by atoms with Crippen LogP contribution in [0.1, 0.15) is 22.8 Å². The number of para-hydroxylation sites is 2. The molecule has 0 fully saturated rings. The SMILES string of the molecule is Cc1ccc(C(=O)O[C@@H](C)C(=O)Nc2ccccc2[N+](=O)[O-])cc1. The highest BCUT2D eigenvalue weighted by molar-refractivity contribution is 5.98. The summed E-state index contributed by atoms with van der Waals surface area (Å²) in [4.78, 5) is 34.4. The van der Waals surface area contributed by atoms with Crippen LogP contribution in [-0.4, -0.2) is 22.9 Å². The summed E-state index contributed by atoms with van der Waals surface area (Å²) in [7, 11) is 0. The van der Waals surface area contributed by atoms with Gasteiger partial charge in [-0.25, -0.2) is 4.79 Å². The van der Waals surface area contributed by atoms with Crippen LogP contribution >= 0.6 is 0 Å². The first-order chi connectivity index (χ1) is 11.4. The summed E-state index contributed by atoms with van der Waals surface area (Å²) in [5, 5.41) is 13.3. The fraction of sp³-hybridized carbons (Fsp3) is 0.176. The van der Waals surface area contributed by atoms with Crippen LogP contribution in [0.15, 0.2) is 48.5 Å². The number of hydrogen-bond acceptors (Lipinski definition) is 5. The molecule has 0 bridgehead atoms. The monoisotopic (exact) mass is 328 g/mol. The molecule has 0 spiro atoms. The average molecular weight is 328 g/mol. The summed E-state index contributed by atoms with van der Waals surface area (Å²) >= 11 is 0. The van der Waals surface area contributed by atoms with Gasteiger partial charge >= 0.3 is 5.97 Å². The largest absolute Gasteiger partial charge is 0.449 e. The van der Waals surface area contributed by atoms with Crippen molar-refractivity contribution in [2.45, 2.75) is 20.0 Å². The third-order valence-electron chi connectivity index (χ3n) is 3.30. The Balaban J connectivity index is 2.04. The number of rotatable bonds is 5. The number of amides is 1. The number of ether oxygens (including phenoxy) is 1. The first-order valence-corrected chi connectivity index (χ1v) is 7.20. The van der Waals surface area contributed by atoms with Crippen molar-refractivity contribution in [2.24, 2.45) is 0 Å². The minimum atomic E-state index is -1.10. The number of nitro benzene ring substituents is 1. The third-order valence-corrected chi connectivity index (χ3v) is 3.30. The van der Waals surface area contributed by atoms with Crippen LogP contribution in [0.2, 0.25) is 0 Å². The van der Waals surface area contributed by atoms with Gasteiger partial charge in [0.1, 0.15) is 5.69 Å². The van der Waals surface area contributed by atoms with E-state index < -0.39 is 22.9 Å². The molecule has 0 aromatic heterocycles. The van der Waals surface area contributed by atoms with Crippen molar-refractivity contribution in [1.82, 2.24) is 0 Å². The van der Waals surface area contributed by atoms with E-state index in [9.17, 15) is 19.7 Å². The Morgan fingerprint density at radius 3 is 2.38 bits per heavy atom. The van der Waals surface area contributed by atoms with Gasteiger partial charge in [0, 0.05) is 6.07 Å². The van der Waals surface area contributed by atoms with E-state index in [4.69, 9.17) is 4.74 Å². The number of benzene rings is 2. The van der Waals surface area contributed by atoms with Crippen molar-refractivity contribution in [3.63, 3.8) is 0 Å². The smallest absolute Gasteiger partial charge is 0.338 e. The van der Waals surface area contributed by atoms with E-state index in [0.29, 0.717) is 5.56 Å². The lowest BCUT2D eigenvalue weighted by atomic mass is 10.1. The van der Waals surface area contributed by atoms with Crippen LogP contribution in [0.25, 0.3) is 0 Å². The van der Waals surface area contributed by atoms with Gasteiger partial charge in [-0.2, -0.15) is 0 Å². The summed E-state index contributed by atoms with van der Waals surface area (Å²) in [6.45, 7) is 3.29. The highest BCUT2D eigenvalue weighted by Crippen LogP contribution is 2.23. The van der Waals surface area contributed by atoms with E-state index in [0.717, 1.165) is 5.56 Å². The van der Waals surface area contributed by atoms with Crippen LogP contribution in [0.5, 0.6) is 0 Å². The van der Waals surface area contributed by atoms with Crippen LogP contribution in [0.3, 0.4) is 0 Å². The van der Waals surface area contributed by atoms with Crippen molar-refractivity contribution < 1.29 is 19.2 Å². The summed E-state index contributed by atoms with van der Waals surface area (Å²) in [6, 6.07) is 12.5. The molecular formula is C17H16N2O5. The minimum absolute atomic E-state index is 0.0470. The zero-order valence-electron chi connectivity index (χ0n) is 13.2. The maximum atomic E-state index is 12.1. The Morgan fingerprint density at radius 2 is 1.75 bits per heavy atom. The summed E-state index contributed by atoms with van der Waals surface area (Å²) in [6.07, 6.45) is -1.10. The molecule has 0 aliphatic rings. The highest BCUT2D eigenvalue weighted by atomic mass is 16.6. The molecule has 0 saturated heterocycles. The molecule has 124 valence electrons. The molecule has 0 aliphatic heterocycles. The maximum Gasteiger partial charge on any atom is 0.338 e. The molecule has 1 atom stereocenters. The van der Waals surface area contributed by atoms with E-state index in [1.165, 1.54) is 25.1 Å². The molecule has 7 heteroatoms. The van der Waals surface area contributed by atoms with Crippen molar-refractivity contribution in [1.29, 1.82) is 0 Å². The molecule has 7 nitrogen and oxygen atoms in total. The number of nitrogens with one attached hydrogen (secondary N) is 1. The lowest BCUT2D eigenvalue weighted by Gasteiger charge is -2.13. The van der Waals surface area contributed by atoms with Gasteiger partial charge in [0.25, 0.3) is 11.6 Å². The number of carbonyl (C=O) groups excluding carboxylic acids is 2. The molecule has 2 aromatic carbocycles. The standard InChI is InChI=1S/C17H16N2O5/c1-11-7-9-13(10-8-11)17(21)24-12(2)16(20)18-14-5-3-4-6-15(14)19(22)23/h3-10,12H,1-2H3,(H,18,20)/t12-/m0/s1. The number of anilines is 1. The van der Waals surface area contributed by atoms with Gasteiger partial charge in [0.15, 0.2) is 6.10 Å². The van der Waals surface area contributed by atoms with Crippen molar-refractivity contribution in [2.75, 3.05) is 5.32 Å². The molecule has 2 aromatic rings. The van der Waals surface area contributed by atoms with Crippen LogP contribution in [0.4, 0.5) is 11.4 Å². The Hall–Kier alpha value is -3.22. The van der Waals surface area contributed by atoms with E-state index in [2.05, 4.69) is 5.32 Å². The molecule has 2 rings (SSSR count). The number of carbonyl (C=O) groups is 2. The van der Waals surface area contributed by atoms with Crippen LogP contribution in [-0.2, 0) is 9.53 Å². The summed E-state index contributed by atoms with van der Waals surface area (Å²) < 4.78 is 5.09. The van der Waals surface area contributed by atoms with Gasteiger partial charge in [-0.3, -0.25) is 14.9 Å². The fourth-order valence-electron chi connectivity index (χ4n) is 1.94. The fourth-order valence-corrected chi connectivity index (χ4v) is 1.94. The first kappa shape index (κ1) is 17.1. The van der Waals surface area contributed by atoms with Crippen molar-refractivity contribution in [3.05, 3.63) is 69.8 Å². The molecule has 0 radical (unpaired) electrons. The quantitative estimate of drug-likeness (QED) is 0.516. The predicted octanol–water partition coefficient (Wildman–Crippen LogP) is 3.09. The number of nitrogens with zero attached hydrogens (tertiary/aromatic N) is 1. The minimum Gasteiger partial charge on any atom is -0.449 e. The predicted molar refractivity (Wildman–Crippen MR) is 87.8 cm³/mol. The molecular weight excluding hydrogens is 312 g/mol. The number of aryl methyl sites for hydroxylation is 1. The third kappa shape index (κ3) is 4.16. The molecule has 0 unspecified atom stereocenters. The summed E-state index contributed by atoms with van der Waals surface area (Å²) in [5.41, 5.74) is 1.13. The van der Waals surface area contributed by atoms with Gasteiger partial charge in [-0.1, -0.05) is 29.8 Å². The Kier molecular flexibility index (Phi) is 5.26. The van der Waals surface area contributed by atoms with E-state index >= 15 is 0 Å². The van der Waals surface area contributed by atoms with Gasteiger partial charge < -0.3 is 10.1 Å². The molecule has 0 heterocycles. The van der Waals surface area contributed by atoms with Gasteiger partial charge in [0.2, 0.25) is 0 Å². The number of nitro groups is 1. The molecule has 24 heavy (non-hydrogen) atoms. The highest BCUT2D eigenvalue weighted by Gasteiger charge is 2.22. The van der Waals surface area contributed by atoms with E-state index in [-0.39, 0.29) is 11.4 Å². The van der Waals surface area contributed by atoms with Crippen LogP contribution < -0.4 is 5.32 Å². The normalized spacial score (nSPS) is 11.4. The zero-order valence-corrected chi connectivity index (χ0v) is 13.2. The topological polar surface area (TPSA) is 98.5 Å². The van der Waals surface area contributed by atoms with Gasteiger partial charge in [-0.05, 0) is 32.0 Å². The molecule has 1 amide bonds. The molecule has 0 saturated carbocycles. The lowest BCUT2D eigenvalue weighted by Crippen LogP contribution is -2.30. The number of hydrogen-bond donors (Lipinski definition) is 1. The Labute approximate surface area is 138 Å². The Bertz CT molecular complexity index is 771. The second-order valence-corrected chi connectivity index (χ2v) is 5.18. The van der Waals surface area contributed by atoms with Crippen LogP contribution in [0, 0.1) is 17.0 Å². The Morgan fingerprint density at radius 1 is 1.12 bits per heavy atom. The zero-order chi connectivity index (χ0) is 17.7. The lowest BCUT2D eigenvalue weighted by molar-refractivity contribution is -0.383. The van der Waals surface area contributed by atoms with Gasteiger partial charge in [0.05, 0.1) is 10.5 Å².